The molecule has 0 radical (unpaired) electrons. The summed E-state index contributed by atoms with van der Waals surface area (Å²) in [5.74, 6) is -1.06. The molecule has 2 aromatic rings. The summed E-state index contributed by atoms with van der Waals surface area (Å²) in [6.45, 7) is 1.88. The van der Waals surface area contributed by atoms with Gasteiger partial charge in [-0.05, 0) is 52.7 Å². The van der Waals surface area contributed by atoms with Gasteiger partial charge in [0.1, 0.15) is 5.82 Å². The number of nitrogens with one attached hydrogen (secondary N) is 1. The van der Waals surface area contributed by atoms with E-state index in [9.17, 15) is 9.59 Å². The topological polar surface area (TPSA) is 79.3 Å². The minimum absolute atomic E-state index is 0.0672. The highest BCUT2D eigenvalue weighted by Crippen LogP contribution is 2.17. The molecule has 0 aliphatic rings. The maximum Gasteiger partial charge on any atom is 0.335 e. The fraction of sp³-hybridized carbons (Fsp3) is 0.0714. The van der Waals surface area contributed by atoms with Gasteiger partial charge in [0, 0.05) is 16.2 Å². The number of anilines is 1. The second-order valence-electron chi connectivity index (χ2n) is 4.16. The van der Waals surface area contributed by atoms with E-state index in [4.69, 9.17) is 5.11 Å². The van der Waals surface area contributed by atoms with Crippen LogP contribution in [-0.2, 0) is 0 Å². The largest absolute Gasteiger partial charge is 0.478 e. The molecule has 0 unspecified atom stereocenters. The zero-order chi connectivity index (χ0) is 14.7. The second-order valence-corrected chi connectivity index (χ2v) is 5.01. The van der Waals surface area contributed by atoms with Crippen molar-refractivity contribution < 1.29 is 14.7 Å². The van der Waals surface area contributed by atoms with Gasteiger partial charge in [0.2, 0.25) is 0 Å². The number of nitrogens with zero attached hydrogens (tertiary/aromatic N) is 1. The van der Waals surface area contributed by atoms with Gasteiger partial charge < -0.3 is 10.4 Å². The van der Waals surface area contributed by atoms with Crippen molar-refractivity contribution in [1.82, 2.24) is 4.98 Å². The van der Waals surface area contributed by atoms with Gasteiger partial charge in [-0.3, -0.25) is 4.79 Å². The molecule has 1 aromatic carbocycles. The molecule has 102 valence electrons. The molecule has 0 fully saturated rings. The van der Waals surface area contributed by atoms with Crippen molar-refractivity contribution in [2.45, 2.75) is 6.92 Å². The minimum atomic E-state index is -1.07. The van der Waals surface area contributed by atoms with Gasteiger partial charge in [-0.2, -0.15) is 0 Å². The molecule has 6 heteroatoms. The van der Waals surface area contributed by atoms with Crippen molar-refractivity contribution in [2.75, 3.05) is 5.32 Å². The highest BCUT2D eigenvalue weighted by atomic mass is 79.9. The third-order valence-corrected chi connectivity index (χ3v) is 3.49. The number of benzene rings is 1. The number of pyridine rings is 1. The normalized spacial score (nSPS) is 10.1. The number of hydrogen-bond acceptors (Lipinski definition) is 3. The number of carboxylic acids is 1. The molecule has 0 saturated carbocycles. The lowest BCUT2D eigenvalue weighted by atomic mass is 10.1. The van der Waals surface area contributed by atoms with Gasteiger partial charge >= 0.3 is 5.97 Å². The molecule has 2 rings (SSSR count). The molecule has 2 N–H and O–H groups in total. The number of hydrogen-bond donors (Lipinski definition) is 2. The van der Waals surface area contributed by atoms with Crippen LogP contribution in [0.2, 0.25) is 0 Å². The first-order valence-electron chi connectivity index (χ1n) is 5.74. The number of aryl methyl sites for hydroxylation is 1. The van der Waals surface area contributed by atoms with E-state index >= 15 is 0 Å². The minimum Gasteiger partial charge on any atom is -0.478 e. The van der Waals surface area contributed by atoms with E-state index in [2.05, 4.69) is 26.2 Å². The molecule has 1 aromatic heterocycles. The highest BCUT2D eigenvalue weighted by Gasteiger charge is 2.10. The Hall–Kier alpha value is -2.21. The van der Waals surface area contributed by atoms with Crippen LogP contribution in [0.1, 0.15) is 26.3 Å². The number of carboxylic acid groups (broad SMARTS) is 1. The number of amides is 1. The van der Waals surface area contributed by atoms with Gasteiger partial charge in [0.25, 0.3) is 5.91 Å². The Morgan fingerprint density at radius 3 is 2.60 bits per heavy atom. The van der Waals surface area contributed by atoms with Crippen LogP contribution in [0.4, 0.5) is 5.82 Å². The zero-order valence-electron chi connectivity index (χ0n) is 10.6. The van der Waals surface area contributed by atoms with Crippen LogP contribution in [0.15, 0.2) is 41.0 Å². The lowest BCUT2D eigenvalue weighted by Crippen LogP contribution is -2.13. The molecule has 20 heavy (non-hydrogen) atoms. The molecule has 0 bridgehead atoms. The number of halogens is 1. The lowest BCUT2D eigenvalue weighted by Gasteiger charge is -2.06. The van der Waals surface area contributed by atoms with E-state index in [1.165, 1.54) is 18.2 Å². The number of aromatic carboxylic acids is 1. The predicted octanol–water partition coefficient (Wildman–Crippen LogP) is 3.10. The fourth-order valence-electron chi connectivity index (χ4n) is 1.59. The standard InChI is InChI=1S/C14H11BrN2O3/c1-8-5-12(16-7-11(8)15)17-13(18)9-3-2-4-10(6-9)14(19)20/h2-7H,1H3,(H,19,20)(H,16,17,18). The first-order chi connectivity index (χ1) is 9.47. The maximum absolute atomic E-state index is 12.0. The predicted molar refractivity (Wildman–Crippen MR) is 78.0 cm³/mol. The summed E-state index contributed by atoms with van der Waals surface area (Å²) < 4.78 is 0.850. The Labute approximate surface area is 123 Å². The van der Waals surface area contributed by atoms with E-state index in [1.54, 1.807) is 18.3 Å². The van der Waals surface area contributed by atoms with Gasteiger partial charge in [-0.15, -0.1) is 0 Å². The average Bonchev–Trinajstić information content (AvgIpc) is 2.43. The van der Waals surface area contributed by atoms with Crippen LogP contribution < -0.4 is 5.32 Å². The van der Waals surface area contributed by atoms with Crippen molar-refractivity contribution in [1.29, 1.82) is 0 Å². The third kappa shape index (κ3) is 3.21. The summed E-state index contributed by atoms with van der Waals surface area (Å²) >= 11 is 3.33. The van der Waals surface area contributed by atoms with Crippen molar-refractivity contribution in [3.8, 4) is 0 Å². The van der Waals surface area contributed by atoms with Gasteiger partial charge in [0.05, 0.1) is 5.56 Å². The summed E-state index contributed by atoms with van der Waals surface area (Å²) in [5, 5.41) is 11.5. The van der Waals surface area contributed by atoms with E-state index < -0.39 is 11.9 Å². The van der Waals surface area contributed by atoms with E-state index in [1.807, 2.05) is 6.92 Å². The molecule has 0 atom stereocenters. The van der Waals surface area contributed by atoms with Crippen molar-refractivity contribution in [3.05, 3.63) is 57.7 Å². The van der Waals surface area contributed by atoms with Crippen LogP contribution in [0, 0.1) is 6.92 Å². The van der Waals surface area contributed by atoms with Gasteiger partial charge in [-0.1, -0.05) is 6.07 Å². The SMILES string of the molecule is Cc1cc(NC(=O)c2cccc(C(=O)O)c2)ncc1Br. The van der Waals surface area contributed by atoms with Crippen molar-refractivity contribution in [2.24, 2.45) is 0 Å². The average molecular weight is 335 g/mol. The molecule has 0 aliphatic carbocycles. The fourth-order valence-corrected chi connectivity index (χ4v) is 1.81. The summed E-state index contributed by atoms with van der Waals surface area (Å²) in [6.07, 6.45) is 1.60. The Morgan fingerprint density at radius 2 is 1.95 bits per heavy atom. The summed E-state index contributed by atoms with van der Waals surface area (Å²) in [7, 11) is 0. The number of rotatable bonds is 3. The van der Waals surface area contributed by atoms with Crippen LogP contribution >= 0.6 is 15.9 Å². The molecular formula is C14H11BrN2O3. The Balaban J connectivity index is 2.21. The van der Waals surface area contributed by atoms with Gasteiger partial charge in [0.15, 0.2) is 0 Å². The Kier molecular flexibility index (Phi) is 4.14. The molecule has 1 amide bonds. The number of carbonyl (C=O) groups excluding carboxylic acids is 1. The quantitative estimate of drug-likeness (QED) is 0.903. The third-order valence-electron chi connectivity index (χ3n) is 2.66. The van der Waals surface area contributed by atoms with Crippen LogP contribution in [-0.4, -0.2) is 22.0 Å². The van der Waals surface area contributed by atoms with E-state index in [0.717, 1.165) is 10.0 Å². The first-order valence-corrected chi connectivity index (χ1v) is 6.53. The molecule has 0 spiro atoms. The highest BCUT2D eigenvalue weighted by molar-refractivity contribution is 9.10. The summed E-state index contributed by atoms with van der Waals surface area (Å²) in [4.78, 5) is 27.0. The Morgan fingerprint density at radius 1 is 1.25 bits per heavy atom. The summed E-state index contributed by atoms with van der Waals surface area (Å²) in [5.41, 5.74) is 1.28. The smallest absolute Gasteiger partial charge is 0.335 e. The van der Waals surface area contributed by atoms with Crippen LogP contribution in [0.5, 0.6) is 0 Å². The lowest BCUT2D eigenvalue weighted by molar-refractivity contribution is 0.0697. The first kappa shape index (κ1) is 14.2. The Bertz CT molecular complexity index is 686. The molecule has 1 heterocycles. The molecule has 5 nitrogen and oxygen atoms in total. The van der Waals surface area contributed by atoms with Crippen LogP contribution in [0.25, 0.3) is 0 Å². The van der Waals surface area contributed by atoms with Gasteiger partial charge in [-0.25, -0.2) is 9.78 Å². The molecule has 0 saturated heterocycles. The van der Waals surface area contributed by atoms with E-state index in [-0.39, 0.29) is 11.1 Å². The molecular weight excluding hydrogens is 324 g/mol. The van der Waals surface area contributed by atoms with Crippen molar-refractivity contribution in [3.63, 3.8) is 0 Å². The van der Waals surface area contributed by atoms with Crippen LogP contribution in [0.3, 0.4) is 0 Å². The number of carbonyl (C=O) groups is 2. The van der Waals surface area contributed by atoms with E-state index in [0.29, 0.717) is 5.82 Å². The summed E-state index contributed by atoms with van der Waals surface area (Å²) in [6, 6.07) is 7.56. The second kappa shape index (κ2) is 5.83. The van der Waals surface area contributed by atoms with Crippen molar-refractivity contribution >= 4 is 33.6 Å². The monoisotopic (exact) mass is 334 g/mol. The number of aromatic nitrogens is 1. The molecule has 0 aliphatic heterocycles. The zero-order valence-corrected chi connectivity index (χ0v) is 12.1. The maximum atomic E-state index is 12.0.